The first-order valence-electron chi connectivity index (χ1n) is 7.17. The number of rotatable bonds is 5. The van der Waals surface area contributed by atoms with E-state index in [-0.39, 0.29) is 0 Å². The fourth-order valence-corrected chi connectivity index (χ4v) is 2.23. The lowest BCUT2D eigenvalue weighted by Crippen LogP contribution is -2.03. The Labute approximate surface area is 124 Å². The number of benzene rings is 1. The lowest BCUT2D eigenvalue weighted by atomic mass is 10.1. The summed E-state index contributed by atoms with van der Waals surface area (Å²) in [5.41, 5.74) is 1.04. The van der Waals surface area contributed by atoms with Crippen LogP contribution in [0.1, 0.15) is 13.3 Å². The van der Waals surface area contributed by atoms with E-state index in [4.69, 9.17) is 0 Å². The van der Waals surface area contributed by atoms with Crippen molar-refractivity contribution in [2.24, 2.45) is 0 Å². The third-order valence-electron chi connectivity index (χ3n) is 3.25. The maximum atomic E-state index is 4.57. The molecule has 2 aromatic heterocycles. The normalized spacial score (nSPS) is 10.5. The van der Waals surface area contributed by atoms with Gasteiger partial charge in [0.25, 0.3) is 0 Å². The molecule has 0 fully saturated rings. The predicted octanol–water partition coefficient (Wildman–Crippen LogP) is 4.20. The fraction of sp³-hybridized carbons (Fsp3) is 0.176. The molecule has 0 bridgehead atoms. The fourth-order valence-electron chi connectivity index (χ4n) is 2.23. The Morgan fingerprint density at radius 2 is 1.86 bits per heavy atom. The molecule has 3 aromatic rings. The highest BCUT2D eigenvalue weighted by Crippen LogP contribution is 2.25. The van der Waals surface area contributed by atoms with Crippen LogP contribution in [0, 0.1) is 0 Å². The molecule has 3 rings (SSSR count). The molecule has 0 aliphatic carbocycles. The molecule has 0 radical (unpaired) electrons. The molecule has 0 amide bonds. The van der Waals surface area contributed by atoms with Crippen LogP contribution >= 0.6 is 0 Å². The Kier molecular flexibility index (Phi) is 3.96. The van der Waals surface area contributed by atoms with Gasteiger partial charge >= 0.3 is 0 Å². The van der Waals surface area contributed by atoms with Crippen LogP contribution in [0.25, 0.3) is 10.8 Å². The average Bonchev–Trinajstić information content (AvgIpc) is 2.54. The van der Waals surface area contributed by atoms with E-state index in [1.807, 2.05) is 36.5 Å². The molecule has 21 heavy (non-hydrogen) atoms. The molecule has 0 atom stereocenters. The summed E-state index contributed by atoms with van der Waals surface area (Å²) >= 11 is 0. The number of nitrogens with one attached hydrogen (secondary N) is 2. The largest absolute Gasteiger partial charge is 0.370 e. The monoisotopic (exact) mass is 278 g/mol. The minimum Gasteiger partial charge on any atom is -0.370 e. The van der Waals surface area contributed by atoms with Gasteiger partial charge in [-0.1, -0.05) is 25.1 Å². The molecule has 0 aliphatic heterocycles. The van der Waals surface area contributed by atoms with Gasteiger partial charge in [-0.2, -0.15) is 0 Å². The molecule has 0 saturated carbocycles. The van der Waals surface area contributed by atoms with Gasteiger partial charge in [0, 0.05) is 35.4 Å². The van der Waals surface area contributed by atoms with Crippen molar-refractivity contribution in [3.05, 3.63) is 54.9 Å². The van der Waals surface area contributed by atoms with Gasteiger partial charge in [-0.15, -0.1) is 0 Å². The molecule has 0 saturated heterocycles. The van der Waals surface area contributed by atoms with Crippen molar-refractivity contribution >= 4 is 28.1 Å². The second-order valence-electron chi connectivity index (χ2n) is 4.86. The Morgan fingerprint density at radius 3 is 2.76 bits per heavy atom. The summed E-state index contributed by atoms with van der Waals surface area (Å²) < 4.78 is 0. The maximum absolute atomic E-state index is 4.57. The van der Waals surface area contributed by atoms with Gasteiger partial charge in [-0.3, -0.25) is 4.98 Å². The molecular formula is C17H18N4. The summed E-state index contributed by atoms with van der Waals surface area (Å²) in [5, 5.41) is 8.94. The van der Waals surface area contributed by atoms with Crippen LogP contribution in [-0.2, 0) is 0 Å². The molecule has 106 valence electrons. The van der Waals surface area contributed by atoms with Gasteiger partial charge in [0.2, 0.25) is 0 Å². The van der Waals surface area contributed by atoms with Crippen LogP contribution in [0.2, 0.25) is 0 Å². The molecule has 0 spiro atoms. The SMILES string of the molecule is CCCNc1cccc(Nc2cccc3cnccc23)n1. The van der Waals surface area contributed by atoms with Gasteiger partial charge in [0.15, 0.2) is 0 Å². The van der Waals surface area contributed by atoms with Crippen LogP contribution in [0.4, 0.5) is 17.3 Å². The van der Waals surface area contributed by atoms with Crippen molar-refractivity contribution in [1.29, 1.82) is 0 Å². The Morgan fingerprint density at radius 1 is 1.00 bits per heavy atom. The number of fused-ring (bicyclic) bond motifs is 1. The van der Waals surface area contributed by atoms with Crippen LogP contribution in [0.15, 0.2) is 54.9 Å². The highest BCUT2D eigenvalue weighted by Gasteiger charge is 2.02. The molecule has 2 heterocycles. The van der Waals surface area contributed by atoms with Gasteiger partial charge < -0.3 is 10.6 Å². The van der Waals surface area contributed by atoms with Crippen molar-refractivity contribution in [3.8, 4) is 0 Å². The van der Waals surface area contributed by atoms with E-state index in [1.54, 1.807) is 6.20 Å². The van der Waals surface area contributed by atoms with E-state index < -0.39 is 0 Å². The molecular weight excluding hydrogens is 260 g/mol. The number of hydrogen-bond donors (Lipinski definition) is 2. The van der Waals surface area contributed by atoms with E-state index in [1.165, 1.54) is 0 Å². The number of pyridine rings is 2. The van der Waals surface area contributed by atoms with Crippen molar-refractivity contribution < 1.29 is 0 Å². The zero-order valence-electron chi connectivity index (χ0n) is 12.0. The lowest BCUT2D eigenvalue weighted by Gasteiger charge is -2.10. The first-order valence-corrected chi connectivity index (χ1v) is 7.17. The quantitative estimate of drug-likeness (QED) is 0.734. The summed E-state index contributed by atoms with van der Waals surface area (Å²) in [7, 11) is 0. The van der Waals surface area contributed by atoms with E-state index in [9.17, 15) is 0 Å². The topological polar surface area (TPSA) is 49.8 Å². The molecule has 0 unspecified atom stereocenters. The smallest absolute Gasteiger partial charge is 0.132 e. The zero-order valence-corrected chi connectivity index (χ0v) is 12.0. The van der Waals surface area contributed by atoms with Crippen molar-refractivity contribution in [2.75, 3.05) is 17.2 Å². The summed E-state index contributed by atoms with van der Waals surface area (Å²) in [5.74, 6) is 1.73. The van der Waals surface area contributed by atoms with Gasteiger partial charge in [0.1, 0.15) is 11.6 Å². The van der Waals surface area contributed by atoms with E-state index in [0.717, 1.165) is 41.1 Å². The molecule has 0 aliphatic rings. The summed E-state index contributed by atoms with van der Waals surface area (Å²) in [6.07, 6.45) is 4.75. The van der Waals surface area contributed by atoms with Crippen molar-refractivity contribution in [1.82, 2.24) is 9.97 Å². The highest BCUT2D eigenvalue weighted by molar-refractivity contribution is 5.94. The Bertz CT molecular complexity index is 734. The second-order valence-corrected chi connectivity index (χ2v) is 4.86. The second kappa shape index (κ2) is 6.22. The van der Waals surface area contributed by atoms with Crippen LogP contribution < -0.4 is 10.6 Å². The Hall–Kier alpha value is -2.62. The number of hydrogen-bond acceptors (Lipinski definition) is 4. The maximum Gasteiger partial charge on any atom is 0.132 e. The minimum atomic E-state index is 0.834. The van der Waals surface area contributed by atoms with Gasteiger partial charge in [-0.05, 0) is 30.7 Å². The lowest BCUT2D eigenvalue weighted by molar-refractivity contribution is 0.970. The average molecular weight is 278 g/mol. The molecule has 2 N–H and O–H groups in total. The van der Waals surface area contributed by atoms with E-state index in [0.29, 0.717) is 0 Å². The number of aromatic nitrogens is 2. The van der Waals surface area contributed by atoms with Crippen molar-refractivity contribution in [2.45, 2.75) is 13.3 Å². The van der Waals surface area contributed by atoms with E-state index in [2.05, 4.69) is 39.7 Å². The minimum absolute atomic E-state index is 0.834. The predicted molar refractivity (Wildman–Crippen MR) is 88.0 cm³/mol. The van der Waals surface area contributed by atoms with Crippen molar-refractivity contribution in [3.63, 3.8) is 0 Å². The third kappa shape index (κ3) is 3.11. The molecule has 4 heteroatoms. The molecule has 4 nitrogen and oxygen atoms in total. The zero-order chi connectivity index (χ0) is 14.5. The first-order chi connectivity index (χ1) is 10.4. The standard InChI is InChI=1S/C17H18N4/c1-2-10-19-16-7-4-8-17(21-16)20-15-6-3-5-13-12-18-11-9-14(13)15/h3-9,11-12H,2,10H2,1H3,(H2,19,20,21). The first kappa shape index (κ1) is 13.4. The van der Waals surface area contributed by atoms with E-state index >= 15 is 0 Å². The van der Waals surface area contributed by atoms with Crippen LogP contribution in [-0.4, -0.2) is 16.5 Å². The van der Waals surface area contributed by atoms with Crippen LogP contribution in [0.3, 0.4) is 0 Å². The molecule has 1 aromatic carbocycles. The summed E-state index contributed by atoms with van der Waals surface area (Å²) in [4.78, 5) is 8.73. The van der Waals surface area contributed by atoms with Gasteiger partial charge in [0.05, 0.1) is 0 Å². The number of nitrogens with zero attached hydrogens (tertiary/aromatic N) is 2. The number of anilines is 3. The summed E-state index contributed by atoms with van der Waals surface area (Å²) in [6, 6.07) is 14.1. The van der Waals surface area contributed by atoms with Gasteiger partial charge in [-0.25, -0.2) is 4.98 Å². The summed E-state index contributed by atoms with van der Waals surface area (Å²) in [6.45, 7) is 3.07. The highest BCUT2D eigenvalue weighted by atomic mass is 15.1. The van der Waals surface area contributed by atoms with Crippen LogP contribution in [0.5, 0.6) is 0 Å². The Balaban J connectivity index is 1.88. The third-order valence-corrected chi connectivity index (χ3v) is 3.25.